The lowest BCUT2D eigenvalue weighted by Gasteiger charge is -2.02. The molecule has 122 valence electrons. The summed E-state index contributed by atoms with van der Waals surface area (Å²) < 4.78 is 1.11. The Morgan fingerprint density at radius 3 is 2.67 bits per heavy atom. The Labute approximate surface area is 153 Å². The first-order valence-electron chi connectivity index (χ1n) is 7.17. The third-order valence-electron chi connectivity index (χ3n) is 3.59. The minimum absolute atomic E-state index is 0.288. The maximum absolute atomic E-state index is 12.1. The van der Waals surface area contributed by atoms with Gasteiger partial charge in [0.05, 0.1) is 21.2 Å². The number of aryl methyl sites for hydroxylation is 1. The molecule has 0 unspecified atom stereocenters. The number of benzene rings is 2. The highest BCUT2D eigenvalue weighted by atomic mass is 35.5. The largest absolute Gasteiger partial charge is 0.367 e. The molecule has 0 atom stereocenters. The number of carbonyl (C=O) groups excluding carboxylic acids is 1. The highest BCUT2D eigenvalue weighted by Crippen LogP contribution is 2.33. The summed E-state index contributed by atoms with van der Waals surface area (Å²) in [5, 5.41) is 6.08. The molecule has 0 N–H and O–H groups in total. The van der Waals surface area contributed by atoms with Crippen molar-refractivity contribution in [2.24, 2.45) is 5.16 Å². The average molecular weight is 378 g/mol. The number of halogens is 2. The first-order chi connectivity index (χ1) is 11.5. The molecule has 2 aromatic carbocycles. The normalized spacial score (nSPS) is 11.8. The number of nitrogens with zero attached hydrogens (tertiary/aromatic N) is 1. The van der Waals surface area contributed by atoms with Crippen LogP contribution >= 0.6 is 34.5 Å². The number of thiophene rings is 1. The fraction of sp³-hybridized carbons (Fsp3) is 0.111. The predicted molar refractivity (Wildman–Crippen MR) is 101 cm³/mol. The predicted octanol–water partition coefficient (Wildman–Crippen LogP) is 6.10. The summed E-state index contributed by atoms with van der Waals surface area (Å²) in [5.74, 6) is -0.582. The second-order valence-corrected chi connectivity index (χ2v) is 7.13. The zero-order chi connectivity index (χ0) is 17.3. The van der Waals surface area contributed by atoms with Crippen molar-refractivity contribution in [2.75, 3.05) is 0 Å². The molecule has 24 heavy (non-hydrogen) atoms. The molecule has 3 nitrogen and oxygen atoms in total. The first-order valence-corrected chi connectivity index (χ1v) is 8.74. The van der Waals surface area contributed by atoms with Crippen LogP contribution in [0.3, 0.4) is 0 Å². The third-order valence-corrected chi connectivity index (χ3v) is 5.53. The van der Waals surface area contributed by atoms with E-state index in [1.165, 1.54) is 0 Å². The van der Waals surface area contributed by atoms with Crippen LogP contribution in [0.25, 0.3) is 10.1 Å². The first kappa shape index (κ1) is 17.0. The summed E-state index contributed by atoms with van der Waals surface area (Å²) >= 11 is 13.6. The van der Waals surface area contributed by atoms with E-state index < -0.39 is 5.97 Å². The minimum Gasteiger partial charge on any atom is -0.312 e. The van der Waals surface area contributed by atoms with Crippen LogP contribution in [0.2, 0.25) is 10.0 Å². The van der Waals surface area contributed by atoms with Crippen LogP contribution in [0, 0.1) is 6.92 Å². The molecule has 1 aromatic heterocycles. The van der Waals surface area contributed by atoms with Gasteiger partial charge in [0.25, 0.3) is 0 Å². The highest BCUT2D eigenvalue weighted by molar-refractivity contribution is 7.21. The molecular formula is C18H13Cl2NO2S. The molecule has 3 aromatic rings. The fourth-order valence-electron chi connectivity index (χ4n) is 2.37. The van der Waals surface area contributed by atoms with E-state index in [9.17, 15) is 4.79 Å². The van der Waals surface area contributed by atoms with Crippen molar-refractivity contribution in [1.82, 2.24) is 0 Å². The van der Waals surface area contributed by atoms with Gasteiger partial charge in [0.15, 0.2) is 0 Å². The smallest absolute Gasteiger partial charge is 0.312 e. The van der Waals surface area contributed by atoms with Crippen LogP contribution in [0.5, 0.6) is 0 Å². The van der Waals surface area contributed by atoms with Crippen molar-refractivity contribution in [3.05, 3.63) is 68.5 Å². The van der Waals surface area contributed by atoms with Gasteiger partial charge in [-0.1, -0.05) is 40.5 Å². The minimum atomic E-state index is -0.582. The second kappa shape index (κ2) is 6.93. The Balaban J connectivity index is 1.88. The number of carbonyl (C=O) groups is 1. The van der Waals surface area contributed by atoms with Crippen LogP contribution in [0.4, 0.5) is 0 Å². The Bertz CT molecular complexity index is 963. The van der Waals surface area contributed by atoms with Gasteiger partial charge in [-0.2, -0.15) is 0 Å². The molecule has 0 saturated carbocycles. The van der Waals surface area contributed by atoms with Crippen LogP contribution in [-0.2, 0) is 4.84 Å². The topological polar surface area (TPSA) is 38.7 Å². The number of fused-ring (bicyclic) bond motifs is 1. The monoisotopic (exact) mass is 377 g/mol. The molecule has 0 spiro atoms. The molecule has 0 saturated heterocycles. The van der Waals surface area contributed by atoms with E-state index in [4.69, 9.17) is 28.0 Å². The Morgan fingerprint density at radius 2 is 1.92 bits per heavy atom. The van der Waals surface area contributed by atoms with Crippen LogP contribution in [-0.4, -0.2) is 11.7 Å². The molecule has 1 heterocycles. The zero-order valence-electron chi connectivity index (χ0n) is 13.0. The maximum atomic E-state index is 12.1. The van der Waals surface area contributed by atoms with E-state index in [0.29, 0.717) is 15.8 Å². The van der Waals surface area contributed by atoms with E-state index in [1.54, 1.807) is 42.5 Å². The molecule has 0 radical (unpaired) electrons. The fourth-order valence-corrected chi connectivity index (χ4v) is 3.88. The number of hydrogen-bond acceptors (Lipinski definition) is 4. The summed E-state index contributed by atoms with van der Waals surface area (Å²) in [4.78, 5) is 18.1. The van der Waals surface area contributed by atoms with E-state index in [0.717, 1.165) is 20.5 Å². The maximum Gasteiger partial charge on any atom is 0.367 e. The van der Waals surface area contributed by atoms with Crippen molar-refractivity contribution in [2.45, 2.75) is 13.8 Å². The van der Waals surface area contributed by atoms with Gasteiger partial charge in [0, 0.05) is 9.72 Å². The molecule has 3 rings (SSSR count). The lowest BCUT2D eigenvalue weighted by Crippen LogP contribution is -2.04. The highest BCUT2D eigenvalue weighted by Gasteiger charge is 2.14. The number of oxime groups is 1. The number of hydrogen-bond donors (Lipinski definition) is 0. The van der Waals surface area contributed by atoms with Gasteiger partial charge in [-0.15, -0.1) is 11.3 Å². The Morgan fingerprint density at radius 1 is 1.17 bits per heavy atom. The van der Waals surface area contributed by atoms with Gasteiger partial charge in [0.1, 0.15) is 0 Å². The van der Waals surface area contributed by atoms with Gasteiger partial charge in [-0.25, -0.2) is 4.79 Å². The lowest BCUT2D eigenvalue weighted by molar-refractivity contribution is 0.0516. The van der Waals surface area contributed by atoms with Crippen molar-refractivity contribution < 1.29 is 9.63 Å². The Kier molecular flexibility index (Phi) is 4.90. The van der Waals surface area contributed by atoms with Crippen molar-refractivity contribution in [3.63, 3.8) is 0 Å². The zero-order valence-corrected chi connectivity index (χ0v) is 15.3. The van der Waals surface area contributed by atoms with Gasteiger partial charge in [-0.3, -0.25) is 0 Å². The molecule has 0 aliphatic heterocycles. The SMILES string of the molecule is C/C(=N/OC(=O)c1ccccc1Cl)c1sc2ccc(Cl)cc2c1C. The quantitative estimate of drug-likeness (QED) is 0.314. The molecule has 6 heteroatoms. The third kappa shape index (κ3) is 3.31. The van der Waals surface area contributed by atoms with E-state index in [-0.39, 0.29) is 5.56 Å². The number of rotatable bonds is 3. The summed E-state index contributed by atoms with van der Waals surface area (Å²) in [6.07, 6.45) is 0. The van der Waals surface area contributed by atoms with E-state index in [2.05, 4.69) is 5.16 Å². The van der Waals surface area contributed by atoms with Gasteiger partial charge >= 0.3 is 5.97 Å². The van der Waals surface area contributed by atoms with Crippen LogP contribution < -0.4 is 0 Å². The average Bonchev–Trinajstić information content (AvgIpc) is 2.89. The van der Waals surface area contributed by atoms with Crippen molar-refractivity contribution >= 4 is 56.3 Å². The van der Waals surface area contributed by atoms with E-state index >= 15 is 0 Å². The molecule has 0 aliphatic carbocycles. The summed E-state index contributed by atoms with van der Waals surface area (Å²) in [7, 11) is 0. The summed E-state index contributed by atoms with van der Waals surface area (Å²) in [5.41, 5.74) is 1.98. The molecule has 0 amide bonds. The molecule has 0 aliphatic rings. The van der Waals surface area contributed by atoms with Crippen molar-refractivity contribution in [1.29, 1.82) is 0 Å². The second-order valence-electron chi connectivity index (χ2n) is 5.23. The van der Waals surface area contributed by atoms with Crippen LogP contribution in [0.15, 0.2) is 47.6 Å². The lowest BCUT2D eigenvalue weighted by atomic mass is 10.1. The Hall–Kier alpha value is -1.88. The van der Waals surface area contributed by atoms with Crippen molar-refractivity contribution in [3.8, 4) is 0 Å². The van der Waals surface area contributed by atoms with E-state index in [1.807, 2.05) is 25.1 Å². The summed E-state index contributed by atoms with van der Waals surface area (Å²) in [6, 6.07) is 12.5. The van der Waals surface area contributed by atoms with Crippen LogP contribution in [0.1, 0.15) is 27.7 Å². The molecular weight excluding hydrogens is 365 g/mol. The van der Waals surface area contributed by atoms with Gasteiger partial charge < -0.3 is 4.84 Å². The molecule has 0 fully saturated rings. The molecule has 0 bridgehead atoms. The van der Waals surface area contributed by atoms with Gasteiger partial charge in [0.2, 0.25) is 0 Å². The standard InChI is InChI=1S/C18H13Cl2NO2S/c1-10-14-9-12(19)7-8-16(14)24-17(10)11(2)21-23-18(22)13-5-3-4-6-15(13)20/h3-9H,1-2H3/b21-11-. The van der Waals surface area contributed by atoms with Gasteiger partial charge in [-0.05, 0) is 55.1 Å². The summed E-state index contributed by atoms with van der Waals surface area (Å²) in [6.45, 7) is 3.80.